The molecule has 0 saturated heterocycles. The van der Waals surface area contributed by atoms with Gasteiger partial charge in [-0.1, -0.05) is 12.1 Å². The molecule has 1 aromatic carbocycles. The number of rotatable bonds is 2. The fourth-order valence-electron chi connectivity index (χ4n) is 2.92. The molecule has 0 bridgehead atoms. The molecule has 4 heteroatoms. The largest absolute Gasteiger partial charge is 0.497 e. The number of benzene rings is 1. The predicted octanol–water partition coefficient (Wildman–Crippen LogP) is 2.73. The molecule has 1 aliphatic carbocycles. The van der Waals surface area contributed by atoms with Crippen molar-refractivity contribution < 1.29 is 19.1 Å². The summed E-state index contributed by atoms with van der Waals surface area (Å²) in [6.07, 6.45) is 2.40. The van der Waals surface area contributed by atoms with Crippen molar-refractivity contribution in [2.24, 2.45) is 0 Å². The van der Waals surface area contributed by atoms with Crippen LogP contribution < -0.4 is 4.74 Å². The van der Waals surface area contributed by atoms with Crippen molar-refractivity contribution in [2.45, 2.75) is 31.6 Å². The highest BCUT2D eigenvalue weighted by Crippen LogP contribution is 2.41. The maximum atomic E-state index is 11.9. The van der Waals surface area contributed by atoms with Crippen LogP contribution in [0.25, 0.3) is 0 Å². The van der Waals surface area contributed by atoms with Crippen molar-refractivity contribution in [3.8, 4) is 5.75 Å². The van der Waals surface area contributed by atoms with Gasteiger partial charge in [0.25, 0.3) is 0 Å². The Hall–Kier alpha value is -2.10. The van der Waals surface area contributed by atoms with E-state index in [0.29, 0.717) is 18.6 Å². The van der Waals surface area contributed by atoms with Crippen LogP contribution in [0.15, 0.2) is 35.6 Å². The average Bonchev–Trinajstić information content (AvgIpc) is 2.47. The summed E-state index contributed by atoms with van der Waals surface area (Å²) in [6, 6.07) is 7.66. The molecule has 1 atom stereocenters. The van der Waals surface area contributed by atoms with Crippen LogP contribution in [-0.2, 0) is 14.3 Å². The standard InChI is InChI=1S/C16H16O4/c1-19-11-5-2-4-10(8-11)13-9-15(18)20-16-12(13)6-3-7-14(16)17/h2,4-5,8,13H,3,6-7,9H2,1H3/t13-/m1/s1. The number of esters is 1. The molecule has 0 amide bonds. The number of allylic oxidation sites excluding steroid dienone is 2. The van der Waals surface area contributed by atoms with Crippen LogP contribution in [0.4, 0.5) is 0 Å². The molecule has 0 aromatic heterocycles. The summed E-state index contributed by atoms with van der Waals surface area (Å²) in [6.45, 7) is 0. The van der Waals surface area contributed by atoms with Crippen LogP contribution in [0.3, 0.4) is 0 Å². The summed E-state index contributed by atoms with van der Waals surface area (Å²) < 4.78 is 10.4. The van der Waals surface area contributed by atoms with Gasteiger partial charge in [0.15, 0.2) is 11.5 Å². The van der Waals surface area contributed by atoms with Crippen molar-refractivity contribution in [3.63, 3.8) is 0 Å². The van der Waals surface area contributed by atoms with Gasteiger partial charge in [-0.05, 0) is 36.1 Å². The van der Waals surface area contributed by atoms with Gasteiger partial charge in [0.05, 0.1) is 13.5 Å². The van der Waals surface area contributed by atoms with E-state index in [-0.39, 0.29) is 17.7 Å². The number of ketones is 1. The molecule has 0 saturated carbocycles. The van der Waals surface area contributed by atoms with Gasteiger partial charge in [-0.25, -0.2) is 0 Å². The lowest BCUT2D eigenvalue weighted by Gasteiger charge is -2.30. The Bertz CT molecular complexity index is 600. The van der Waals surface area contributed by atoms with Crippen LogP contribution in [0.1, 0.15) is 37.2 Å². The quantitative estimate of drug-likeness (QED) is 0.777. The third kappa shape index (κ3) is 2.22. The van der Waals surface area contributed by atoms with Gasteiger partial charge < -0.3 is 9.47 Å². The zero-order chi connectivity index (χ0) is 14.1. The van der Waals surface area contributed by atoms with Crippen molar-refractivity contribution in [2.75, 3.05) is 7.11 Å². The lowest BCUT2D eigenvalue weighted by atomic mass is 9.80. The van der Waals surface area contributed by atoms with Crippen molar-refractivity contribution >= 4 is 11.8 Å². The smallest absolute Gasteiger partial charge is 0.312 e. The molecule has 2 aliphatic rings. The summed E-state index contributed by atoms with van der Waals surface area (Å²) in [5.41, 5.74) is 1.97. The van der Waals surface area contributed by atoms with E-state index in [2.05, 4.69) is 0 Å². The third-order valence-corrected chi connectivity index (χ3v) is 3.90. The molecule has 3 rings (SSSR count). The first-order chi connectivity index (χ1) is 9.69. The molecular formula is C16H16O4. The van der Waals surface area contributed by atoms with Crippen LogP contribution in [0.2, 0.25) is 0 Å². The minimum atomic E-state index is -0.327. The maximum Gasteiger partial charge on any atom is 0.312 e. The molecule has 1 heterocycles. The Morgan fingerprint density at radius 3 is 2.90 bits per heavy atom. The number of hydrogen-bond donors (Lipinski definition) is 0. The summed E-state index contributed by atoms with van der Waals surface area (Å²) >= 11 is 0. The molecule has 0 N–H and O–H groups in total. The molecule has 0 radical (unpaired) electrons. The summed E-state index contributed by atoms with van der Waals surface area (Å²) in [7, 11) is 1.61. The van der Waals surface area contributed by atoms with Gasteiger partial charge in [-0.15, -0.1) is 0 Å². The molecular weight excluding hydrogens is 256 g/mol. The first-order valence-corrected chi connectivity index (χ1v) is 6.80. The van der Waals surface area contributed by atoms with E-state index in [4.69, 9.17) is 9.47 Å². The van der Waals surface area contributed by atoms with Crippen LogP contribution in [0.5, 0.6) is 5.75 Å². The number of carbonyl (C=O) groups excluding carboxylic acids is 2. The van der Waals surface area contributed by atoms with Crippen molar-refractivity contribution in [3.05, 3.63) is 41.2 Å². The van der Waals surface area contributed by atoms with E-state index in [9.17, 15) is 9.59 Å². The van der Waals surface area contributed by atoms with Crippen LogP contribution >= 0.6 is 0 Å². The van der Waals surface area contributed by atoms with Crippen molar-refractivity contribution in [1.82, 2.24) is 0 Å². The van der Waals surface area contributed by atoms with E-state index >= 15 is 0 Å². The molecule has 1 aliphatic heterocycles. The second-order valence-electron chi connectivity index (χ2n) is 5.14. The first kappa shape index (κ1) is 12.9. The fraction of sp³-hybridized carbons (Fsp3) is 0.375. The second kappa shape index (κ2) is 5.12. The number of ether oxygens (including phenoxy) is 2. The number of methoxy groups -OCH3 is 1. The lowest BCUT2D eigenvalue weighted by molar-refractivity contribution is -0.144. The van der Waals surface area contributed by atoms with E-state index < -0.39 is 0 Å². The first-order valence-electron chi connectivity index (χ1n) is 6.80. The molecule has 1 aromatic rings. The third-order valence-electron chi connectivity index (χ3n) is 3.90. The van der Waals surface area contributed by atoms with E-state index in [1.54, 1.807) is 7.11 Å². The SMILES string of the molecule is COc1cccc([C@H]2CC(=O)OC3=C2CCCC3=O)c1. The predicted molar refractivity (Wildman–Crippen MR) is 72.3 cm³/mol. The van der Waals surface area contributed by atoms with Gasteiger partial charge >= 0.3 is 5.97 Å². The Balaban J connectivity index is 2.04. The minimum Gasteiger partial charge on any atom is -0.497 e. The lowest BCUT2D eigenvalue weighted by Crippen LogP contribution is -2.27. The van der Waals surface area contributed by atoms with Gasteiger partial charge in [0.1, 0.15) is 5.75 Å². The zero-order valence-corrected chi connectivity index (χ0v) is 11.3. The monoisotopic (exact) mass is 272 g/mol. The topological polar surface area (TPSA) is 52.6 Å². The molecule has 20 heavy (non-hydrogen) atoms. The Kier molecular flexibility index (Phi) is 3.30. The number of carbonyl (C=O) groups is 2. The molecule has 0 fully saturated rings. The molecule has 0 spiro atoms. The average molecular weight is 272 g/mol. The fourth-order valence-corrected chi connectivity index (χ4v) is 2.92. The molecule has 4 nitrogen and oxygen atoms in total. The highest BCUT2D eigenvalue weighted by molar-refractivity contribution is 5.98. The van der Waals surface area contributed by atoms with Gasteiger partial charge in [-0.2, -0.15) is 0 Å². The van der Waals surface area contributed by atoms with Crippen molar-refractivity contribution in [1.29, 1.82) is 0 Å². The van der Waals surface area contributed by atoms with E-state index in [0.717, 1.165) is 29.7 Å². The highest BCUT2D eigenvalue weighted by atomic mass is 16.5. The van der Waals surface area contributed by atoms with E-state index in [1.165, 1.54) is 0 Å². The number of hydrogen-bond acceptors (Lipinski definition) is 4. The highest BCUT2D eigenvalue weighted by Gasteiger charge is 2.35. The minimum absolute atomic E-state index is 0.0489. The number of Topliss-reactive ketones (excluding diaryl/α,β-unsaturated/α-hetero) is 1. The van der Waals surface area contributed by atoms with Crippen LogP contribution in [-0.4, -0.2) is 18.9 Å². The van der Waals surface area contributed by atoms with Gasteiger partial charge in [0.2, 0.25) is 0 Å². The maximum absolute atomic E-state index is 11.9. The van der Waals surface area contributed by atoms with Gasteiger partial charge in [-0.3, -0.25) is 9.59 Å². The summed E-state index contributed by atoms with van der Waals surface area (Å²) in [5.74, 6) is 0.607. The van der Waals surface area contributed by atoms with Crippen LogP contribution in [0, 0.1) is 0 Å². The summed E-state index contributed by atoms with van der Waals surface area (Å²) in [4.78, 5) is 23.7. The zero-order valence-electron chi connectivity index (χ0n) is 11.3. The second-order valence-corrected chi connectivity index (χ2v) is 5.14. The molecule has 0 unspecified atom stereocenters. The van der Waals surface area contributed by atoms with E-state index in [1.807, 2.05) is 24.3 Å². The Morgan fingerprint density at radius 2 is 2.10 bits per heavy atom. The normalized spacial score (nSPS) is 22.4. The van der Waals surface area contributed by atoms with Gasteiger partial charge in [0, 0.05) is 12.3 Å². The molecule has 104 valence electrons. The Morgan fingerprint density at radius 1 is 1.25 bits per heavy atom. The summed E-state index contributed by atoms with van der Waals surface area (Å²) in [5, 5.41) is 0. The Labute approximate surface area is 117 Å².